The van der Waals surface area contributed by atoms with E-state index in [0.717, 1.165) is 9.35 Å². The van der Waals surface area contributed by atoms with Gasteiger partial charge in [-0.05, 0) is 40.9 Å². The molecule has 0 bridgehead atoms. The Kier molecular flexibility index (Phi) is 5.96. The molecule has 6 heteroatoms. The number of aryl methyl sites for hydroxylation is 1. The number of nitrogens with one attached hydrogen (secondary N) is 1. The highest BCUT2D eigenvalue weighted by molar-refractivity contribution is 9.10. The number of thiophene rings is 1. The molecule has 1 unspecified atom stereocenters. The molecule has 0 fully saturated rings. The van der Waals surface area contributed by atoms with E-state index < -0.39 is 11.4 Å². The Labute approximate surface area is 147 Å². The Bertz CT molecular complexity index is 686. The topological polar surface area (TPSA) is 66.4 Å². The van der Waals surface area contributed by atoms with E-state index in [9.17, 15) is 14.7 Å². The molecule has 1 amide bonds. The Morgan fingerprint density at radius 1 is 1.30 bits per heavy atom. The Morgan fingerprint density at radius 2 is 2.00 bits per heavy atom. The quantitative estimate of drug-likeness (QED) is 0.752. The van der Waals surface area contributed by atoms with Gasteiger partial charge in [-0.1, -0.05) is 30.3 Å². The number of hydrogen-bond acceptors (Lipinski definition) is 3. The van der Waals surface area contributed by atoms with Crippen molar-refractivity contribution in [2.45, 2.75) is 25.2 Å². The third-order valence-electron chi connectivity index (χ3n) is 3.74. The normalized spacial score (nSPS) is 13.3. The van der Waals surface area contributed by atoms with Gasteiger partial charge in [-0.3, -0.25) is 9.59 Å². The zero-order chi connectivity index (χ0) is 16.9. The van der Waals surface area contributed by atoms with Crippen LogP contribution in [0.25, 0.3) is 0 Å². The largest absolute Gasteiger partial charge is 0.481 e. The molecule has 1 aromatic heterocycles. The highest BCUT2D eigenvalue weighted by atomic mass is 79.9. The number of carbonyl (C=O) groups is 2. The van der Waals surface area contributed by atoms with Gasteiger partial charge in [-0.2, -0.15) is 0 Å². The van der Waals surface area contributed by atoms with E-state index in [1.165, 1.54) is 0 Å². The van der Waals surface area contributed by atoms with Crippen LogP contribution in [0, 0.1) is 0 Å². The summed E-state index contributed by atoms with van der Waals surface area (Å²) in [6.45, 7) is 1.70. The van der Waals surface area contributed by atoms with Crippen molar-refractivity contribution in [1.82, 2.24) is 5.32 Å². The molecule has 0 saturated heterocycles. The number of carbonyl (C=O) groups excluding carboxylic acids is 1. The van der Waals surface area contributed by atoms with Gasteiger partial charge in [0, 0.05) is 27.7 Å². The summed E-state index contributed by atoms with van der Waals surface area (Å²) in [6, 6.07) is 11.0. The molecule has 1 heterocycles. The van der Waals surface area contributed by atoms with Crippen LogP contribution >= 0.6 is 27.3 Å². The van der Waals surface area contributed by atoms with Gasteiger partial charge in [0.05, 0.1) is 0 Å². The van der Waals surface area contributed by atoms with Gasteiger partial charge in [0.1, 0.15) is 5.41 Å². The number of amides is 1. The third kappa shape index (κ3) is 4.65. The lowest BCUT2D eigenvalue weighted by Gasteiger charge is -2.25. The maximum Gasteiger partial charge on any atom is 0.315 e. The van der Waals surface area contributed by atoms with E-state index >= 15 is 0 Å². The summed E-state index contributed by atoms with van der Waals surface area (Å²) in [4.78, 5) is 24.8. The van der Waals surface area contributed by atoms with Crippen LogP contribution in [-0.2, 0) is 21.4 Å². The van der Waals surface area contributed by atoms with Gasteiger partial charge < -0.3 is 10.4 Å². The predicted molar refractivity (Wildman–Crippen MR) is 94.8 cm³/mol. The Morgan fingerprint density at radius 3 is 2.57 bits per heavy atom. The fourth-order valence-corrected chi connectivity index (χ4v) is 3.65. The van der Waals surface area contributed by atoms with Gasteiger partial charge in [0.2, 0.25) is 5.91 Å². The second-order valence-corrected chi connectivity index (χ2v) is 7.42. The summed E-state index contributed by atoms with van der Waals surface area (Å²) in [5.74, 6) is -1.09. The van der Waals surface area contributed by atoms with Crippen molar-refractivity contribution in [2.75, 3.05) is 6.54 Å². The van der Waals surface area contributed by atoms with Gasteiger partial charge in [-0.25, -0.2) is 0 Å². The second kappa shape index (κ2) is 7.75. The first-order valence-electron chi connectivity index (χ1n) is 7.20. The fraction of sp³-hybridized carbons (Fsp3) is 0.294. The first-order valence-corrected chi connectivity index (χ1v) is 8.87. The summed E-state index contributed by atoms with van der Waals surface area (Å²) < 4.78 is 1.01. The van der Waals surface area contributed by atoms with Crippen LogP contribution in [-0.4, -0.2) is 23.5 Å². The minimum Gasteiger partial charge on any atom is -0.481 e. The maximum atomic E-state index is 12.0. The lowest BCUT2D eigenvalue weighted by atomic mass is 9.82. The minimum atomic E-state index is -1.14. The van der Waals surface area contributed by atoms with Crippen LogP contribution in [0.15, 0.2) is 46.3 Å². The van der Waals surface area contributed by atoms with Crippen LogP contribution in [0.4, 0.5) is 0 Å². The SMILES string of the molecule is CC(CNC(=O)CCc1cc(Br)cs1)(C(=O)O)c1ccccc1. The molecule has 1 aromatic carbocycles. The molecule has 1 atom stereocenters. The van der Waals surface area contributed by atoms with Gasteiger partial charge >= 0.3 is 5.97 Å². The average molecular weight is 396 g/mol. The molecular weight excluding hydrogens is 378 g/mol. The first-order chi connectivity index (χ1) is 10.9. The zero-order valence-electron chi connectivity index (χ0n) is 12.7. The number of carboxylic acids is 1. The lowest BCUT2D eigenvalue weighted by molar-refractivity contribution is -0.143. The highest BCUT2D eigenvalue weighted by Gasteiger charge is 2.35. The minimum absolute atomic E-state index is 0.0688. The summed E-state index contributed by atoms with van der Waals surface area (Å²) in [5, 5.41) is 14.3. The second-order valence-electron chi connectivity index (χ2n) is 5.51. The summed E-state index contributed by atoms with van der Waals surface area (Å²) >= 11 is 4.98. The molecular formula is C17H18BrNO3S. The number of rotatable bonds is 7. The maximum absolute atomic E-state index is 12.0. The van der Waals surface area contributed by atoms with Crippen molar-refractivity contribution in [3.63, 3.8) is 0 Å². The zero-order valence-corrected chi connectivity index (χ0v) is 15.1. The van der Waals surface area contributed by atoms with E-state index in [4.69, 9.17) is 0 Å². The summed E-state index contributed by atoms with van der Waals surface area (Å²) in [6.07, 6.45) is 0.995. The van der Waals surface area contributed by atoms with Crippen molar-refractivity contribution < 1.29 is 14.7 Å². The summed E-state index contributed by atoms with van der Waals surface area (Å²) in [5.41, 5.74) is -0.460. The lowest BCUT2D eigenvalue weighted by Crippen LogP contribution is -2.44. The summed E-state index contributed by atoms with van der Waals surface area (Å²) in [7, 11) is 0. The van der Waals surface area contributed by atoms with E-state index in [2.05, 4.69) is 21.2 Å². The van der Waals surface area contributed by atoms with Crippen molar-refractivity contribution in [1.29, 1.82) is 0 Å². The highest BCUT2D eigenvalue weighted by Crippen LogP contribution is 2.24. The molecule has 0 aliphatic rings. The molecule has 2 N–H and O–H groups in total. The number of hydrogen-bond donors (Lipinski definition) is 2. The molecule has 0 aliphatic heterocycles. The number of aliphatic carboxylic acids is 1. The molecule has 23 heavy (non-hydrogen) atoms. The van der Waals surface area contributed by atoms with E-state index in [1.54, 1.807) is 42.5 Å². The Hall–Kier alpha value is -1.66. The van der Waals surface area contributed by atoms with Gasteiger partial charge in [0.15, 0.2) is 0 Å². The predicted octanol–water partition coefficient (Wildman–Crippen LogP) is 3.60. The van der Waals surface area contributed by atoms with Crippen LogP contribution in [0.3, 0.4) is 0 Å². The molecule has 122 valence electrons. The van der Waals surface area contributed by atoms with Crippen LogP contribution in [0.5, 0.6) is 0 Å². The number of benzene rings is 1. The van der Waals surface area contributed by atoms with E-state index in [-0.39, 0.29) is 12.5 Å². The number of halogens is 1. The van der Waals surface area contributed by atoms with Crippen LogP contribution < -0.4 is 5.32 Å². The molecule has 0 radical (unpaired) electrons. The van der Waals surface area contributed by atoms with E-state index in [1.807, 2.05) is 17.5 Å². The van der Waals surface area contributed by atoms with Gasteiger partial charge in [-0.15, -0.1) is 11.3 Å². The standard InChI is InChI=1S/C17H18BrNO3S/c1-17(16(21)22,12-5-3-2-4-6-12)11-19-15(20)8-7-14-9-13(18)10-23-14/h2-6,9-10H,7-8,11H2,1H3,(H,19,20)(H,21,22). The molecule has 4 nitrogen and oxygen atoms in total. The molecule has 2 rings (SSSR count). The molecule has 0 spiro atoms. The first kappa shape index (κ1) is 17.7. The Balaban J connectivity index is 1.93. The van der Waals surface area contributed by atoms with Crippen molar-refractivity contribution in [3.8, 4) is 0 Å². The smallest absolute Gasteiger partial charge is 0.315 e. The van der Waals surface area contributed by atoms with Crippen molar-refractivity contribution >= 4 is 39.1 Å². The number of carboxylic acid groups (broad SMARTS) is 1. The third-order valence-corrected chi connectivity index (χ3v) is 5.50. The monoisotopic (exact) mass is 395 g/mol. The van der Waals surface area contributed by atoms with Crippen molar-refractivity contribution in [2.24, 2.45) is 0 Å². The van der Waals surface area contributed by atoms with Crippen LogP contribution in [0.1, 0.15) is 23.8 Å². The van der Waals surface area contributed by atoms with Crippen molar-refractivity contribution in [3.05, 3.63) is 56.7 Å². The molecule has 0 aliphatic carbocycles. The van der Waals surface area contributed by atoms with Crippen LogP contribution in [0.2, 0.25) is 0 Å². The molecule has 0 saturated carbocycles. The van der Waals surface area contributed by atoms with E-state index in [0.29, 0.717) is 18.4 Å². The average Bonchev–Trinajstić information content (AvgIpc) is 2.96. The van der Waals surface area contributed by atoms with Gasteiger partial charge in [0.25, 0.3) is 0 Å². The molecule has 2 aromatic rings. The fourth-order valence-electron chi connectivity index (χ4n) is 2.19.